The average molecular weight is 345 g/mol. The molecule has 2 aliphatic rings. The standard InChI is InChI=1S/C18H19NO2S2/c20-17(19-15-2-1-3-16-14(15)8-9-21-16)12-4-6-13(7-5-12)18-22-10-11-23-18/h4-9,15,18H,1-3,10-11H2,(H,19,20). The van der Waals surface area contributed by atoms with Gasteiger partial charge >= 0.3 is 0 Å². The predicted molar refractivity (Wildman–Crippen MR) is 96.0 cm³/mol. The van der Waals surface area contributed by atoms with Crippen LogP contribution in [0.25, 0.3) is 0 Å². The number of hydrogen-bond donors (Lipinski definition) is 1. The fourth-order valence-corrected chi connectivity index (χ4v) is 6.08. The van der Waals surface area contributed by atoms with Gasteiger partial charge in [-0.2, -0.15) is 0 Å². The van der Waals surface area contributed by atoms with Crippen LogP contribution in [0.3, 0.4) is 0 Å². The Labute approximate surface area is 144 Å². The van der Waals surface area contributed by atoms with Gasteiger partial charge in [-0.05, 0) is 36.6 Å². The van der Waals surface area contributed by atoms with Gasteiger partial charge in [-0.25, -0.2) is 0 Å². The maximum absolute atomic E-state index is 12.5. The molecule has 0 spiro atoms. The SMILES string of the molecule is O=C(NC1CCCc2occc21)c1ccc(C2SCCS2)cc1. The van der Waals surface area contributed by atoms with Crippen LogP contribution in [0.5, 0.6) is 0 Å². The van der Waals surface area contributed by atoms with E-state index in [1.54, 1.807) is 6.26 Å². The summed E-state index contributed by atoms with van der Waals surface area (Å²) in [6, 6.07) is 10.1. The highest BCUT2D eigenvalue weighted by Crippen LogP contribution is 2.45. The van der Waals surface area contributed by atoms with Crippen molar-refractivity contribution in [2.24, 2.45) is 0 Å². The van der Waals surface area contributed by atoms with Crippen molar-refractivity contribution in [1.29, 1.82) is 0 Å². The molecule has 2 aromatic rings. The number of fused-ring (bicyclic) bond motifs is 1. The van der Waals surface area contributed by atoms with Crippen molar-refractivity contribution in [1.82, 2.24) is 5.32 Å². The van der Waals surface area contributed by atoms with Gasteiger partial charge in [0.1, 0.15) is 5.76 Å². The summed E-state index contributed by atoms with van der Waals surface area (Å²) in [4.78, 5) is 12.5. The molecule has 1 saturated heterocycles. The van der Waals surface area contributed by atoms with E-state index >= 15 is 0 Å². The Morgan fingerprint density at radius 1 is 1.13 bits per heavy atom. The summed E-state index contributed by atoms with van der Waals surface area (Å²) in [6.45, 7) is 0. The first kappa shape index (κ1) is 15.2. The van der Waals surface area contributed by atoms with Crippen LogP contribution in [-0.4, -0.2) is 17.4 Å². The Balaban J connectivity index is 1.45. The molecule has 1 N–H and O–H groups in total. The molecule has 1 aliphatic carbocycles. The minimum Gasteiger partial charge on any atom is -0.469 e. The van der Waals surface area contributed by atoms with Crippen LogP contribution in [0, 0.1) is 0 Å². The third-order valence-corrected chi connectivity index (χ3v) is 7.53. The zero-order valence-corrected chi connectivity index (χ0v) is 14.4. The van der Waals surface area contributed by atoms with Crippen LogP contribution in [-0.2, 0) is 6.42 Å². The minimum absolute atomic E-state index is 0.00216. The van der Waals surface area contributed by atoms with E-state index in [4.69, 9.17) is 4.42 Å². The first-order valence-corrected chi connectivity index (χ1v) is 10.1. The molecule has 4 rings (SSSR count). The maximum atomic E-state index is 12.5. The Morgan fingerprint density at radius 3 is 2.70 bits per heavy atom. The molecule has 120 valence electrons. The second-order valence-electron chi connectivity index (χ2n) is 5.91. The van der Waals surface area contributed by atoms with Gasteiger partial charge in [-0.3, -0.25) is 4.79 Å². The summed E-state index contributed by atoms with van der Waals surface area (Å²) < 4.78 is 6.02. The molecular formula is C18H19NO2S2. The molecule has 5 heteroatoms. The number of amides is 1. The van der Waals surface area contributed by atoms with Crippen LogP contribution in [0.1, 0.15) is 50.7 Å². The first-order valence-electron chi connectivity index (χ1n) is 8.01. The Morgan fingerprint density at radius 2 is 1.91 bits per heavy atom. The van der Waals surface area contributed by atoms with Crippen molar-refractivity contribution in [3.8, 4) is 0 Å². The number of rotatable bonds is 3. The number of benzene rings is 1. The van der Waals surface area contributed by atoms with Crippen molar-refractivity contribution in [2.45, 2.75) is 29.9 Å². The quantitative estimate of drug-likeness (QED) is 0.885. The summed E-state index contributed by atoms with van der Waals surface area (Å²) in [5.74, 6) is 3.45. The van der Waals surface area contributed by atoms with Crippen LogP contribution in [0.4, 0.5) is 0 Å². The predicted octanol–water partition coefficient (Wildman–Crippen LogP) is 4.57. The number of hydrogen-bond acceptors (Lipinski definition) is 4. The molecular weight excluding hydrogens is 326 g/mol. The molecule has 1 aromatic heterocycles. The van der Waals surface area contributed by atoms with E-state index < -0.39 is 0 Å². The second kappa shape index (κ2) is 6.65. The smallest absolute Gasteiger partial charge is 0.251 e. The van der Waals surface area contributed by atoms with E-state index in [9.17, 15) is 4.79 Å². The third kappa shape index (κ3) is 3.17. The van der Waals surface area contributed by atoms with Gasteiger partial charge in [0.25, 0.3) is 5.91 Å². The van der Waals surface area contributed by atoms with Crippen molar-refractivity contribution >= 4 is 29.4 Å². The molecule has 1 fully saturated rings. The Kier molecular flexibility index (Phi) is 4.40. The maximum Gasteiger partial charge on any atom is 0.251 e. The largest absolute Gasteiger partial charge is 0.469 e. The first-order chi connectivity index (χ1) is 11.3. The second-order valence-corrected chi connectivity index (χ2v) is 8.64. The summed E-state index contributed by atoms with van der Waals surface area (Å²) in [5, 5.41) is 3.16. The zero-order chi connectivity index (χ0) is 15.6. The number of thioether (sulfide) groups is 2. The summed E-state index contributed by atoms with van der Waals surface area (Å²) in [6.07, 6.45) is 4.73. The lowest BCUT2D eigenvalue weighted by molar-refractivity contribution is 0.0932. The van der Waals surface area contributed by atoms with Crippen molar-refractivity contribution in [3.63, 3.8) is 0 Å². The van der Waals surface area contributed by atoms with E-state index in [0.717, 1.165) is 36.1 Å². The van der Waals surface area contributed by atoms with Gasteiger partial charge in [0.15, 0.2) is 0 Å². The van der Waals surface area contributed by atoms with Crippen molar-refractivity contribution < 1.29 is 9.21 Å². The van der Waals surface area contributed by atoms with Crippen LogP contribution in [0.2, 0.25) is 0 Å². The molecule has 0 saturated carbocycles. The molecule has 0 bridgehead atoms. The summed E-state index contributed by atoms with van der Waals surface area (Å²) >= 11 is 3.97. The van der Waals surface area contributed by atoms with E-state index in [1.807, 2.05) is 41.7 Å². The van der Waals surface area contributed by atoms with Gasteiger partial charge in [0.2, 0.25) is 0 Å². The lowest BCUT2D eigenvalue weighted by atomic mass is 9.93. The van der Waals surface area contributed by atoms with Gasteiger partial charge in [-0.1, -0.05) is 12.1 Å². The van der Waals surface area contributed by atoms with Crippen LogP contribution in [0.15, 0.2) is 41.0 Å². The highest BCUT2D eigenvalue weighted by atomic mass is 32.2. The minimum atomic E-state index is 0.00216. The molecule has 2 heterocycles. The molecule has 1 aromatic carbocycles. The highest BCUT2D eigenvalue weighted by molar-refractivity contribution is 8.19. The Hall–Kier alpha value is -1.33. The van der Waals surface area contributed by atoms with Gasteiger partial charge in [0, 0.05) is 29.1 Å². The lowest BCUT2D eigenvalue weighted by Gasteiger charge is -2.22. The number of nitrogens with one attached hydrogen (secondary N) is 1. The Bertz CT molecular complexity index is 689. The average Bonchev–Trinajstić information content (AvgIpc) is 3.27. The fraction of sp³-hybridized carbons (Fsp3) is 0.389. The summed E-state index contributed by atoms with van der Waals surface area (Å²) in [7, 11) is 0. The highest BCUT2D eigenvalue weighted by Gasteiger charge is 2.24. The van der Waals surface area contributed by atoms with Crippen LogP contribution >= 0.6 is 23.5 Å². The zero-order valence-electron chi connectivity index (χ0n) is 12.8. The van der Waals surface area contributed by atoms with Gasteiger partial charge in [0.05, 0.1) is 16.9 Å². The molecule has 1 atom stereocenters. The third-order valence-electron chi connectivity index (χ3n) is 4.42. The monoisotopic (exact) mass is 345 g/mol. The van der Waals surface area contributed by atoms with E-state index in [0.29, 0.717) is 4.58 Å². The molecule has 1 amide bonds. The lowest BCUT2D eigenvalue weighted by Crippen LogP contribution is -2.30. The topological polar surface area (TPSA) is 42.2 Å². The van der Waals surface area contributed by atoms with E-state index in [-0.39, 0.29) is 11.9 Å². The van der Waals surface area contributed by atoms with E-state index in [1.165, 1.54) is 17.1 Å². The molecule has 1 aliphatic heterocycles. The van der Waals surface area contributed by atoms with E-state index in [2.05, 4.69) is 17.4 Å². The molecule has 1 unspecified atom stereocenters. The van der Waals surface area contributed by atoms with Gasteiger partial charge < -0.3 is 9.73 Å². The van der Waals surface area contributed by atoms with Crippen molar-refractivity contribution in [3.05, 3.63) is 59.0 Å². The number of furan rings is 1. The molecule has 0 radical (unpaired) electrons. The molecule has 23 heavy (non-hydrogen) atoms. The van der Waals surface area contributed by atoms with Gasteiger partial charge in [-0.15, -0.1) is 23.5 Å². The van der Waals surface area contributed by atoms with Crippen LogP contribution < -0.4 is 5.32 Å². The number of carbonyl (C=O) groups excluding carboxylic acids is 1. The van der Waals surface area contributed by atoms with Crippen molar-refractivity contribution in [2.75, 3.05) is 11.5 Å². The fourth-order valence-electron chi connectivity index (χ4n) is 3.22. The number of aryl methyl sites for hydroxylation is 1. The normalized spacial score (nSPS) is 21.1. The molecule has 3 nitrogen and oxygen atoms in total. The summed E-state index contributed by atoms with van der Waals surface area (Å²) in [5.41, 5.74) is 3.18. The number of carbonyl (C=O) groups is 1.